The highest BCUT2D eigenvalue weighted by atomic mass is 16.5. The second-order valence-electron chi connectivity index (χ2n) is 6.10. The molecule has 0 spiro atoms. The predicted molar refractivity (Wildman–Crippen MR) is 78.6 cm³/mol. The summed E-state index contributed by atoms with van der Waals surface area (Å²) in [4.78, 5) is 9.71. The molecule has 1 aliphatic carbocycles. The van der Waals surface area contributed by atoms with Crippen LogP contribution in [-0.4, -0.2) is 23.6 Å². The Bertz CT molecular complexity index is 479. The number of hydrogen-bond donors (Lipinski definition) is 1. The number of rotatable bonds is 2. The molecule has 4 nitrogen and oxygen atoms in total. The van der Waals surface area contributed by atoms with Crippen molar-refractivity contribution in [2.75, 3.05) is 13.7 Å². The van der Waals surface area contributed by atoms with Crippen LogP contribution in [-0.2, 0) is 23.3 Å². The number of hydrogen-bond acceptors (Lipinski definition) is 4. The van der Waals surface area contributed by atoms with Gasteiger partial charge < -0.3 is 10.1 Å². The van der Waals surface area contributed by atoms with E-state index in [4.69, 9.17) is 14.7 Å². The summed E-state index contributed by atoms with van der Waals surface area (Å²) in [6.07, 6.45) is 8.18. The molecule has 1 aromatic rings. The van der Waals surface area contributed by atoms with E-state index < -0.39 is 0 Å². The predicted octanol–water partition coefficient (Wildman–Crippen LogP) is 2.63. The molecule has 1 aromatic heterocycles. The standard InChI is InChI=1S/C16H25N3O/c1-12-13-7-10-17-11-14(13)19-15(18-12)16(20-2)8-5-3-4-6-9-16/h17H,3-11H2,1-2H3. The van der Waals surface area contributed by atoms with Crippen LogP contribution < -0.4 is 5.32 Å². The third-order valence-corrected chi connectivity index (χ3v) is 4.85. The zero-order valence-corrected chi connectivity index (χ0v) is 12.7. The van der Waals surface area contributed by atoms with Crippen molar-refractivity contribution >= 4 is 0 Å². The second-order valence-corrected chi connectivity index (χ2v) is 6.10. The fourth-order valence-corrected chi connectivity index (χ4v) is 3.57. The van der Waals surface area contributed by atoms with Crippen LogP contribution in [0.2, 0.25) is 0 Å². The average molecular weight is 275 g/mol. The normalized spacial score (nSPS) is 22.1. The zero-order valence-electron chi connectivity index (χ0n) is 12.7. The van der Waals surface area contributed by atoms with Gasteiger partial charge in [0, 0.05) is 19.3 Å². The molecule has 1 fully saturated rings. The van der Waals surface area contributed by atoms with E-state index in [9.17, 15) is 0 Å². The summed E-state index contributed by atoms with van der Waals surface area (Å²) in [6, 6.07) is 0. The van der Waals surface area contributed by atoms with Crippen molar-refractivity contribution in [3.05, 3.63) is 22.8 Å². The van der Waals surface area contributed by atoms with Crippen LogP contribution in [0.15, 0.2) is 0 Å². The van der Waals surface area contributed by atoms with E-state index in [1.165, 1.54) is 36.9 Å². The summed E-state index contributed by atoms with van der Waals surface area (Å²) in [6.45, 7) is 4.02. The zero-order chi connectivity index (χ0) is 14.0. The first-order valence-corrected chi connectivity index (χ1v) is 7.88. The quantitative estimate of drug-likeness (QED) is 0.843. The van der Waals surface area contributed by atoms with Gasteiger partial charge in [0.25, 0.3) is 0 Å². The Kier molecular flexibility index (Phi) is 4.03. The molecule has 4 heteroatoms. The Hall–Kier alpha value is -1.00. The van der Waals surface area contributed by atoms with Crippen LogP contribution in [0.25, 0.3) is 0 Å². The molecule has 1 aliphatic heterocycles. The lowest BCUT2D eigenvalue weighted by Gasteiger charge is -2.31. The third kappa shape index (κ3) is 2.47. The first-order chi connectivity index (χ1) is 9.75. The first-order valence-electron chi connectivity index (χ1n) is 7.88. The van der Waals surface area contributed by atoms with Crippen molar-refractivity contribution < 1.29 is 4.74 Å². The summed E-state index contributed by atoms with van der Waals surface area (Å²) in [5.74, 6) is 0.918. The molecule has 2 heterocycles. The van der Waals surface area contributed by atoms with Gasteiger partial charge in [-0.1, -0.05) is 25.7 Å². The van der Waals surface area contributed by atoms with Crippen LogP contribution in [0.5, 0.6) is 0 Å². The van der Waals surface area contributed by atoms with Gasteiger partial charge in [0.2, 0.25) is 0 Å². The Morgan fingerprint density at radius 1 is 1.10 bits per heavy atom. The van der Waals surface area contributed by atoms with Gasteiger partial charge in [-0.15, -0.1) is 0 Å². The largest absolute Gasteiger partial charge is 0.370 e. The molecule has 1 N–H and O–H groups in total. The minimum absolute atomic E-state index is 0.256. The molecule has 0 radical (unpaired) electrons. The van der Waals surface area contributed by atoms with E-state index in [2.05, 4.69) is 12.2 Å². The van der Waals surface area contributed by atoms with Crippen LogP contribution in [0.4, 0.5) is 0 Å². The molecule has 20 heavy (non-hydrogen) atoms. The highest BCUT2D eigenvalue weighted by molar-refractivity contribution is 5.28. The minimum atomic E-state index is -0.256. The number of aryl methyl sites for hydroxylation is 1. The van der Waals surface area contributed by atoms with E-state index in [-0.39, 0.29) is 5.60 Å². The lowest BCUT2D eigenvalue weighted by Crippen LogP contribution is -2.33. The fourth-order valence-electron chi connectivity index (χ4n) is 3.57. The molecule has 2 aliphatic rings. The number of methoxy groups -OCH3 is 1. The SMILES string of the molecule is COC1(c2nc(C)c3c(n2)CNCC3)CCCCCC1. The molecule has 0 saturated heterocycles. The molecular formula is C16H25N3O. The molecule has 0 atom stereocenters. The van der Waals surface area contributed by atoms with Gasteiger partial charge in [-0.2, -0.15) is 0 Å². The van der Waals surface area contributed by atoms with Crippen molar-refractivity contribution in [2.24, 2.45) is 0 Å². The van der Waals surface area contributed by atoms with Crippen LogP contribution in [0.3, 0.4) is 0 Å². The molecule has 3 rings (SSSR count). The molecule has 0 bridgehead atoms. The van der Waals surface area contributed by atoms with Gasteiger partial charge in [-0.3, -0.25) is 0 Å². The number of fused-ring (bicyclic) bond motifs is 1. The Balaban J connectivity index is 2.01. The van der Waals surface area contributed by atoms with Crippen molar-refractivity contribution in [1.82, 2.24) is 15.3 Å². The molecular weight excluding hydrogens is 250 g/mol. The number of nitrogens with zero attached hydrogens (tertiary/aromatic N) is 2. The van der Waals surface area contributed by atoms with Crippen molar-refractivity contribution in [3.8, 4) is 0 Å². The Morgan fingerprint density at radius 3 is 2.55 bits per heavy atom. The smallest absolute Gasteiger partial charge is 0.160 e. The lowest BCUT2D eigenvalue weighted by atomic mass is 9.92. The van der Waals surface area contributed by atoms with Gasteiger partial charge in [0.05, 0.1) is 5.69 Å². The van der Waals surface area contributed by atoms with Gasteiger partial charge in [0.1, 0.15) is 5.60 Å². The summed E-state index contributed by atoms with van der Waals surface area (Å²) in [5, 5.41) is 3.41. The molecule has 0 aromatic carbocycles. The maximum Gasteiger partial charge on any atom is 0.160 e. The van der Waals surface area contributed by atoms with Gasteiger partial charge in [-0.25, -0.2) is 9.97 Å². The maximum atomic E-state index is 5.95. The molecule has 0 unspecified atom stereocenters. The lowest BCUT2D eigenvalue weighted by molar-refractivity contribution is -0.0355. The Labute approximate surface area is 121 Å². The van der Waals surface area contributed by atoms with Crippen molar-refractivity contribution in [1.29, 1.82) is 0 Å². The maximum absolute atomic E-state index is 5.95. The summed E-state index contributed by atoms with van der Waals surface area (Å²) in [7, 11) is 1.82. The molecule has 110 valence electrons. The van der Waals surface area contributed by atoms with Crippen LogP contribution in [0, 0.1) is 6.92 Å². The van der Waals surface area contributed by atoms with Crippen LogP contribution in [0.1, 0.15) is 61.3 Å². The monoisotopic (exact) mass is 275 g/mol. The topological polar surface area (TPSA) is 47.0 Å². The summed E-state index contributed by atoms with van der Waals surface area (Å²) < 4.78 is 5.95. The highest BCUT2D eigenvalue weighted by Crippen LogP contribution is 2.37. The number of aromatic nitrogens is 2. The minimum Gasteiger partial charge on any atom is -0.370 e. The summed E-state index contributed by atoms with van der Waals surface area (Å²) in [5.41, 5.74) is 3.41. The second kappa shape index (κ2) is 5.78. The Morgan fingerprint density at radius 2 is 1.85 bits per heavy atom. The van der Waals surface area contributed by atoms with Crippen molar-refractivity contribution in [2.45, 2.75) is 64.0 Å². The van der Waals surface area contributed by atoms with E-state index in [1.54, 1.807) is 0 Å². The van der Waals surface area contributed by atoms with Gasteiger partial charge in [-0.05, 0) is 38.3 Å². The first kappa shape index (κ1) is 14.0. The van der Waals surface area contributed by atoms with E-state index >= 15 is 0 Å². The molecule has 1 saturated carbocycles. The average Bonchev–Trinajstić information content (AvgIpc) is 2.73. The van der Waals surface area contributed by atoms with Crippen LogP contribution >= 0.6 is 0 Å². The molecule has 0 amide bonds. The van der Waals surface area contributed by atoms with Crippen molar-refractivity contribution in [3.63, 3.8) is 0 Å². The van der Waals surface area contributed by atoms with Gasteiger partial charge in [0.15, 0.2) is 5.82 Å². The number of nitrogens with one attached hydrogen (secondary N) is 1. The third-order valence-electron chi connectivity index (χ3n) is 4.85. The fraction of sp³-hybridized carbons (Fsp3) is 0.750. The number of ether oxygens (including phenoxy) is 1. The van der Waals surface area contributed by atoms with E-state index in [0.29, 0.717) is 0 Å². The summed E-state index contributed by atoms with van der Waals surface area (Å²) >= 11 is 0. The van der Waals surface area contributed by atoms with E-state index in [0.717, 1.165) is 43.9 Å². The highest BCUT2D eigenvalue weighted by Gasteiger charge is 2.36. The van der Waals surface area contributed by atoms with E-state index in [1.807, 2.05) is 7.11 Å². The van der Waals surface area contributed by atoms with Gasteiger partial charge >= 0.3 is 0 Å².